The molecule has 0 aliphatic carbocycles. The van der Waals surface area contributed by atoms with E-state index in [1.165, 1.54) is 16.4 Å². The summed E-state index contributed by atoms with van der Waals surface area (Å²) in [5.41, 5.74) is -0.107. The first kappa shape index (κ1) is 10.4. The highest BCUT2D eigenvalue weighted by molar-refractivity contribution is 7.98. The Morgan fingerprint density at radius 3 is 2.85 bits per heavy atom. The number of nitrogens with one attached hydrogen (secondary N) is 1. The van der Waals surface area contributed by atoms with Crippen LogP contribution in [0.25, 0.3) is 0 Å². The van der Waals surface area contributed by atoms with Crippen molar-refractivity contribution in [1.29, 1.82) is 0 Å². The molecule has 0 bridgehead atoms. The van der Waals surface area contributed by atoms with E-state index in [1.807, 2.05) is 6.26 Å². The van der Waals surface area contributed by atoms with E-state index in [2.05, 4.69) is 23.9 Å². The Morgan fingerprint density at radius 2 is 2.38 bits per heavy atom. The summed E-state index contributed by atoms with van der Waals surface area (Å²) in [6, 6.07) is 0. The summed E-state index contributed by atoms with van der Waals surface area (Å²) in [5, 5.41) is 4.82. The number of aromatic amines is 1. The van der Waals surface area contributed by atoms with Crippen LogP contribution in [0.3, 0.4) is 0 Å². The first-order chi connectivity index (χ1) is 6.17. The van der Waals surface area contributed by atoms with Crippen LogP contribution in [0.5, 0.6) is 0 Å². The average Bonchev–Trinajstić information content (AvgIpc) is 2.47. The molecule has 0 spiro atoms. The monoisotopic (exact) mass is 201 g/mol. The van der Waals surface area contributed by atoms with Crippen molar-refractivity contribution in [2.75, 3.05) is 6.26 Å². The Kier molecular flexibility index (Phi) is 3.59. The molecular weight excluding hydrogens is 186 g/mol. The normalized spacial score (nSPS) is 13.2. The van der Waals surface area contributed by atoms with Crippen LogP contribution in [0.2, 0.25) is 0 Å². The van der Waals surface area contributed by atoms with Gasteiger partial charge in [-0.2, -0.15) is 0 Å². The minimum Gasteiger partial charge on any atom is -0.284 e. The lowest BCUT2D eigenvalue weighted by atomic mass is 10.1. The van der Waals surface area contributed by atoms with Gasteiger partial charge in [-0.3, -0.25) is 4.98 Å². The third-order valence-electron chi connectivity index (χ3n) is 2.03. The van der Waals surface area contributed by atoms with Gasteiger partial charge in [0, 0.05) is 6.54 Å². The van der Waals surface area contributed by atoms with Crippen molar-refractivity contribution >= 4 is 11.8 Å². The zero-order valence-electron chi connectivity index (χ0n) is 8.20. The fourth-order valence-corrected chi connectivity index (χ4v) is 1.35. The van der Waals surface area contributed by atoms with Crippen molar-refractivity contribution in [3.8, 4) is 0 Å². The molecule has 0 saturated heterocycles. The fraction of sp³-hybridized carbons (Fsp3) is 0.750. The molecule has 0 aromatic carbocycles. The Labute approximate surface area is 81.7 Å². The Bertz CT molecular complexity index is 317. The van der Waals surface area contributed by atoms with Gasteiger partial charge in [0.05, 0.1) is 0 Å². The lowest BCUT2D eigenvalue weighted by molar-refractivity contribution is 0.426. The van der Waals surface area contributed by atoms with Gasteiger partial charge in [-0.05, 0) is 12.2 Å². The zero-order chi connectivity index (χ0) is 9.84. The van der Waals surface area contributed by atoms with Crippen molar-refractivity contribution in [3.05, 3.63) is 10.5 Å². The highest BCUT2D eigenvalue weighted by atomic mass is 32.2. The molecule has 1 aromatic heterocycles. The molecule has 0 aliphatic heterocycles. The van der Waals surface area contributed by atoms with Gasteiger partial charge >= 0.3 is 5.69 Å². The maximum Gasteiger partial charge on any atom is 0.343 e. The maximum atomic E-state index is 11.3. The molecule has 0 fully saturated rings. The number of hydrogen-bond acceptors (Lipinski definition) is 3. The summed E-state index contributed by atoms with van der Waals surface area (Å²) in [7, 11) is 0. The molecule has 4 nitrogen and oxygen atoms in total. The lowest BCUT2D eigenvalue weighted by Gasteiger charge is -2.05. The largest absolute Gasteiger partial charge is 0.343 e. The molecule has 0 radical (unpaired) electrons. The van der Waals surface area contributed by atoms with Crippen LogP contribution in [0.4, 0.5) is 0 Å². The molecule has 1 aromatic rings. The van der Waals surface area contributed by atoms with Crippen molar-refractivity contribution in [2.24, 2.45) is 5.92 Å². The maximum absolute atomic E-state index is 11.3. The topological polar surface area (TPSA) is 50.7 Å². The molecule has 1 N–H and O–H groups in total. The number of hydrogen-bond donors (Lipinski definition) is 1. The van der Waals surface area contributed by atoms with E-state index in [1.54, 1.807) is 0 Å². The third-order valence-corrected chi connectivity index (χ3v) is 2.61. The summed E-state index contributed by atoms with van der Waals surface area (Å²) >= 11 is 1.45. The van der Waals surface area contributed by atoms with Gasteiger partial charge in [-0.1, -0.05) is 32.0 Å². The first-order valence-electron chi connectivity index (χ1n) is 4.38. The minimum atomic E-state index is -0.107. The summed E-state index contributed by atoms with van der Waals surface area (Å²) in [6.45, 7) is 4.92. The molecular formula is C8H15N3OS. The van der Waals surface area contributed by atoms with Crippen LogP contribution < -0.4 is 5.69 Å². The first-order valence-corrected chi connectivity index (χ1v) is 5.61. The highest BCUT2D eigenvalue weighted by Gasteiger charge is 2.06. The van der Waals surface area contributed by atoms with Crippen LogP contribution in [0.1, 0.15) is 20.3 Å². The lowest BCUT2D eigenvalue weighted by Crippen LogP contribution is -2.21. The molecule has 0 saturated carbocycles. The van der Waals surface area contributed by atoms with Crippen LogP contribution in [0, 0.1) is 5.92 Å². The second-order valence-electron chi connectivity index (χ2n) is 3.13. The fourth-order valence-electron chi connectivity index (χ4n) is 0.976. The zero-order valence-corrected chi connectivity index (χ0v) is 9.02. The molecule has 0 amide bonds. The van der Waals surface area contributed by atoms with Gasteiger partial charge in [0.25, 0.3) is 0 Å². The Hall–Kier alpha value is -0.710. The van der Waals surface area contributed by atoms with Crippen LogP contribution in [-0.2, 0) is 6.54 Å². The number of nitrogens with zero attached hydrogens (tertiary/aromatic N) is 2. The predicted octanol–water partition coefficient (Wildman–Crippen LogP) is 1.34. The molecule has 74 valence electrons. The number of H-pyrrole nitrogens is 1. The molecule has 1 atom stereocenters. The van der Waals surface area contributed by atoms with Crippen molar-refractivity contribution in [1.82, 2.24) is 14.8 Å². The van der Waals surface area contributed by atoms with E-state index in [0.717, 1.165) is 6.42 Å². The highest BCUT2D eigenvalue weighted by Crippen LogP contribution is 2.06. The van der Waals surface area contributed by atoms with Crippen LogP contribution in [-0.4, -0.2) is 21.0 Å². The molecule has 1 heterocycles. The van der Waals surface area contributed by atoms with E-state index in [0.29, 0.717) is 17.6 Å². The van der Waals surface area contributed by atoms with Gasteiger partial charge in [-0.15, -0.1) is 5.10 Å². The molecule has 1 rings (SSSR count). The second-order valence-corrected chi connectivity index (χ2v) is 3.93. The number of aromatic nitrogens is 3. The van der Waals surface area contributed by atoms with Gasteiger partial charge < -0.3 is 0 Å². The van der Waals surface area contributed by atoms with Crippen molar-refractivity contribution in [3.63, 3.8) is 0 Å². The van der Waals surface area contributed by atoms with Gasteiger partial charge in [-0.25, -0.2) is 9.48 Å². The van der Waals surface area contributed by atoms with Crippen molar-refractivity contribution < 1.29 is 0 Å². The SMILES string of the molecule is CC[C@@H](C)Cn1nc(SC)[nH]c1=O. The standard InChI is InChI=1S/C8H15N3OS/c1-4-6(2)5-11-8(12)9-7(10-11)13-3/h6H,4-5H2,1-3H3,(H,9,10,12)/t6-/m1/s1. The Balaban J connectivity index is 2.76. The number of rotatable bonds is 4. The molecule has 13 heavy (non-hydrogen) atoms. The predicted molar refractivity (Wildman–Crippen MR) is 54.1 cm³/mol. The van der Waals surface area contributed by atoms with E-state index < -0.39 is 0 Å². The third kappa shape index (κ3) is 2.62. The summed E-state index contributed by atoms with van der Waals surface area (Å²) in [6.07, 6.45) is 2.96. The quantitative estimate of drug-likeness (QED) is 0.748. The minimum absolute atomic E-state index is 0.107. The van der Waals surface area contributed by atoms with E-state index in [-0.39, 0.29) is 5.69 Å². The number of thioether (sulfide) groups is 1. The van der Waals surface area contributed by atoms with E-state index in [4.69, 9.17) is 0 Å². The van der Waals surface area contributed by atoms with Gasteiger partial charge in [0.15, 0.2) is 5.16 Å². The smallest absolute Gasteiger partial charge is 0.284 e. The average molecular weight is 201 g/mol. The van der Waals surface area contributed by atoms with Crippen molar-refractivity contribution in [2.45, 2.75) is 32.0 Å². The summed E-state index contributed by atoms with van der Waals surface area (Å²) < 4.78 is 1.50. The Morgan fingerprint density at radius 1 is 1.69 bits per heavy atom. The molecule has 0 unspecified atom stereocenters. The van der Waals surface area contributed by atoms with Crippen LogP contribution in [0.15, 0.2) is 9.95 Å². The summed E-state index contributed by atoms with van der Waals surface area (Å²) in [4.78, 5) is 14.0. The molecule has 0 aliphatic rings. The second kappa shape index (κ2) is 4.50. The van der Waals surface area contributed by atoms with Gasteiger partial charge in [0.1, 0.15) is 0 Å². The van der Waals surface area contributed by atoms with E-state index in [9.17, 15) is 4.79 Å². The molecule has 5 heteroatoms. The van der Waals surface area contributed by atoms with Crippen LogP contribution >= 0.6 is 11.8 Å². The van der Waals surface area contributed by atoms with Gasteiger partial charge in [0.2, 0.25) is 0 Å². The van der Waals surface area contributed by atoms with E-state index >= 15 is 0 Å². The summed E-state index contributed by atoms with van der Waals surface area (Å²) in [5.74, 6) is 0.496.